The normalized spacial score (nSPS) is 16.2. The molecule has 0 unspecified atom stereocenters. The Morgan fingerprint density at radius 2 is 1.77 bits per heavy atom. The molecule has 26 heavy (non-hydrogen) atoms. The van der Waals surface area contributed by atoms with Crippen LogP contribution in [0.3, 0.4) is 0 Å². The van der Waals surface area contributed by atoms with Crippen LogP contribution < -0.4 is 5.32 Å². The Kier molecular flexibility index (Phi) is 6.34. The van der Waals surface area contributed by atoms with Gasteiger partial charge in [-0.15, -0.1) is 11.3 Å². The zero-order chi connectivity index (χ0) is 18.6. The third-order valence-electron chi connectivity index (χ3n) is 4.34. The van der Waals surface area contributed by atoms with Gasteiger partial charge in [0.15, 0.2) is 0 Å². The van der Waals surface area contributed by atoms with Gasteiger partial charge in [-0.1, -0.05) is 36.6 Å². The van der Waals surface area contributed by atoms with Crippen molar-refractivity contribution in [3.05, 3.63) is 51.9 Å². The number of carbonyl (C=O) groups excluding carboxylic acids is 1. The van der Waals surface area contributed by atoms with Gasteiger partial charge in [0, 0.05) is 18.0 Å². The van der Waals surface area contributed by atoms with Crippen molar-refractivity contribution in [2.75, 3.05) is 13.1 Å². The molecule has 2 aromatic rings. The first-order chi connectivity index (χ1) is 12.5. The maximum Gasteiger partial charge on any atom is 0.253 e. The van der Waals surface area contributed by atoms with E-state index in [9.17, 15) is 13.2 Å². The minimum absolute atomic E-state index is 0.268. The van der Waals surface area contributed by atoms with E-state index in [4.69, 9.17) is 11.6 Å². The highest BCUT2D eigenvalue weighted by atomic mass is 35.5. The number of benzene rings is 1. The highest BCUT2D eigenvalue weighted by Crippen LogP contribution is 2.27. The quantitative estimate of drug-likeness (QED) is 0.809. The fourth-order valence-electron chi connectivity index (χ4n) is 2.91. The average molecular weight is 413 g/mol. The average Bonchev–Trinajstić information content (AvgIpc) is 2.94. The molecule has 140 valence electrons. The van der Waals surface area contributed by atoms with E-state index in [0.717, 1.165) is 30.6 Å². The number of nitrogens with zero attached hydrogens (tertiary/aromatic N) is 1. The van der Waals surface area contributed by atoms with Crippen molar-refractivity contribution in [2.45, 2.75) is 36.4 Å². The van der Waals surface area contributed by atoms with E-state index >= 15 is 0 Å². The molecule has 1 saturated heterocycles. The third-order valence-corrected chi connectivity index (χ3v) is 8.12. The maximum absolute atomic E-state index is 12.8. The number of sulfonamides is 1. The lowest BCUT2D eigenvalue weighted by molar-refractivity contribution is 0.0951. The van der Waals surface area contributed by atoms with Crippen LogP contribution in [0.4, 0.5) is 0 Å². The lowest BCUT2D eigenvalue weighted by Crippen LogP contribution is -2.31. The fourth-order valence-corrected chi connectivity index (χ4v) is 6.10. The molecule has 2 heterocycles. The van der Waals surface area contributed by atoms with Gasteiger partial charge in [0.05, 0.1) is 17.1 Å². The number of halogens is 1. The van der Waals surface area contributed by atoms with Crippen molar-refractivity contribution < 1.29 is 13.2 Å². The molecule has 5 nitrogen and oxygen atoms in total. The monoisotopic (exact) mass is 412 g/mol. The largest absolute Gasteiger partial charge is 0.347 e. The molecular weight excluding hydrogens is 392 g/mol. The minimum atomic E-state index is -3.44. The summed E-state index contributed by atoms with van der Waals surface area (Å²) in [4.78, 5) is 13.0. The second kappa shape index (κ2) is 8.52. The predicted octanol–water partition coefficient (Wildman–Crippen LogP) is 3.90. The summed E-state index contributed by atoms with van der Waals surface area (Å²) >= 11 is 7.23. The second-order valence-corrected chi connectivity index (χ2v) is 9.94. The summed E-state index contributed by atoms with van der Waals surface area (Å²) in [6.07, 6.45) is 3.97. The van der Waals surface area contributed by atoms with Crippen LogP contribution >= 0.6 is 22.9 Å². The van der Waals surface area contributed by atoms with Crippen LogP contribution in [-0.4, -0.2) is 31.7 Å². The molecule has 1 amide bonds. The Balaban J connectivity index is 1.66. The zero-order valence-electron chi connectivity index (χ0n) is 14.3. The topological polar surface area (TPSA) is 66.5 Å². The zero-order valence-corrected chi connectivity index (χ0v) is 16.7. The maximum atomic E-state index is 12.8. The molecule has 1 aromatic carbocycles. The number of hydrogen-bond donors (Lipinski definition) is 1. The summed E-state index contributed by atoms with van der Waals surface area (Å²) in [5, 5.41) is 3.18. The predicted molar refractivity (Wildman–Crippen MR) is 104 cm³/mol. The van der Waals surface area contributed by atoms with Gasteiger partial charge < -0.3 is 5.32 Å². The van der Waals surface area contributed by atoms with E-state index in [0.29, 0.717) is 27.9 Å². The summed E-state index contributed by atoms with van der Waals surface area (Å²) in [5.41, 5.74) is 0.406. The highest BCUT2D eigenvalue weighted by molar-refractivity contribution is 7.91. The Labute approximate surface area is 163 Å². The van der Waals surface area contributed by atoms with Crippen molar-refractivity contribution >= 4 is 38.9 Å². The van der Waals surface area contributed by atoms with Crippen LogP contribution in [-0.2, 0) is 16.6 Å². The molecule has 8 heteroatoms. The van der Waals surface area contributed by atoms with E-state index in [1.807, 2.05) is 0 Å². The first-order valence-electron chi connectivity index (χ1n) is 8.60. The highest BCUT2D eigenvalue weighted by Gasteiger charge is 2.26. The van der Waals surface area contributed by atoms with Gasteiger partial charge in [0.1, 0.15) is 4.21 Å². The number of hydrogen-bond acceptors (Lipinski definition) is 4. The lowest BCUT2D eigenvalue weighted by Gasteiger charge is -2.18. The van der Waals surface area contributed by atoms with Gasteiger partial charge in [0.2, 0.25) is 0 Å². The van der Waals surface area contributed by atoms with Crippen LogP contribution in [0.5, 0.6) is 0 Å². The Morgan fingerprint density at radius 3 is 2.46 bits per heavy atom. The van der Waals surface area contributed by atoms with Crippen LogP contribution in [0, 0.1) is 0 Å². The van der Waals surface area contributed by atoms with E-state index < -0.39 is 10.0 Å². The van der Waals surface area contributed by atoms with E-state index in [-0.39, 0.29) is 12.5 Å². The Hall–Kier alpha value is -1.41. The third kappa shape index (κ3) is 4.46. The Bertz CT molecular complexity index is 872. The molecule has 1 N–H and O–H groups in total. The number of nitrogens with one attached hydrogen (secondary N) is 1. The van der Waals surface area contributed by atoms with E-state index in [1.54, 1.807) is 40.7 Å². The van der Waals surface area contributed by atoms with Crippen molar-refractivity contribution in [1.82, 2.24) is 9.62 Å². The van der Waals surface area contributed by atoms with Gasteiger partial charge in [0.25, 0.3) is 15.9 Å². The molecule has 1 fully saturated rings. The smallest absolute Gasteiger partial charge is 0.253 e. The van der Waals surface area contributed by atoms with E-state index in [2.05, 4.69) is 5.32 Å². The first kappa shape index (κ1) is 19.4. The molecule has 0 bridgehead atoms. The number of amides is 1. The Morgan fingerprint density at radius 1 is 1.08 bits per heavy atom. The van der Waals surface area contributed by atoms with Crippen LogP contribution in [0.25, 0.3) is 0 Å². The summed E-state index contributed by atoms with van der Waals surface area (Å²) in [6, 6.07) is 10.2. The molecule has 0 saturated carbocycles. The number of carbonyl (C=O) groups is 1. The molecular formula is C18H21ClN2O3S2. The number of rotatable bonds is 5. The van der Waals surface area contributed by atoms with Gasteiger partial charge in [-0.3, -0.25) is 4.79 Å². The van der Waals surface area contributed by atoms with Crippen molar-refractivity contribution in [3.63, 3.8) is 0 Å². The van der Waals surface area contributed by atoms with Crippen LogP contribution in [0.2, 0.25) is 5.02 Å². The van der Waals surface area contributed by atoms with Gasteiger partial charge >= 0.3 is 0 Å². The molecule has 0 radical (unpaired) electrons. The lowest BCUT2D eigenvalue weighted by atomic mass is 10.2. The SMILES string of the molecule is O=C(NCc1ccc(S(=O)(=O)N2CCCCCC2)s1)c1ccccc1Cl. The molecule has 3 rings (SSSR count). The molecule has 1 aliphatic heterocycles. The molecule has 0 atom stereocenters. The standard InChI is InChI=1S/C18H21ClN2O3S2/c19-16-8-4-3-7-15(16)18(22)20-13-14-9-10-17(25-14)26(23,24)21-11-5-1-2-6-12-21/h3-4,7-10H,1-2,5-6,11-13H2,(H,20,22). The molecule has 0 spiro atoms. The van der Waals surface area contributed by atoms with Crippen molar-refractivity contribution in [3.8, 4) is 0 Å². The summed E-state index contributed by atoms with van der Waals surface area (Å²) in [6.45, 7) is 1.43. The minimum Gasteiger partial charge on any atom is -0.347 e. The van der Waals surface area contributed by atoms with Crippen LogP contribution in [0.1, 0.15) is 40.9 Å². The second-order valence-electron chi connectivity index (χ2n) is 6.20. The van der Waals surface area contributed by atoms with Gasteiger partial charge in [-0.2, -0.15) is 4.31 Å². The number of thiophene rings is 1. The first-order valence-corrected chi connectivity index (χ1v) is 11.2. The van der Waals surface area contributed by atoms with E-state index in [1.165, 1.54) is 11.3 Å². The van der Waals surface area contributed by atoms with Crippen molar-refractivity contribution in [1.29, 1.82) is 0 Å². The molecule has 1 aromatic heterocycles. The summed E-state index contributed by atoms with van der Waals surface area (Å²) in [7, 11) is -3.44. The van der Waals surface area contributed by atoms with Crippen LogP contribution in [0.15, 0.2) is 40.6 Å². The van der Waals surface area contributed by atoms with Crippen molar-refractivity contribution in [2.24, 2.45) is 0 Å². The fraction of sp³-hybridized carbons (Fsp3) is 0.389. The molecule has 0 aliphatic carbocycles. The van der Waals surface area contributed by atoms with Gasteiger partial charge in [-0.05, 0) is 37.1 Å². The molecule has 1 aliphatic rings. The summed E-state index contributed by atoms with van der Waals surface area (Å²) in [5.74, 6) is -0.277. The summed E-state index contributed by atoms with van der Waals surface area (Å²) < 4.78 is 27.5. The van der Waals surface area contributed by atoms with Gasteiger partial charge in [-0.25, -0.2) is 8.42 Å².